The van der Waals surface area contributed by atoms with Crippen LogP contribution in [0.25, 0.3) is 10.9 Å². The van der Waals surface area contributed by atoms with E-state index >= 15 is 0 Å². The second-order valence-corrected chi connectivity index (χ2v) is 6.51. The van der Waals surface area contributed by atoms with Gasteiger partial charge >= 0.3 is 0 Å². The highest BCUT2D eigenvalue weighted by Crippen LogP contribution is 2.33. The lowest BCUT2D eigenvalue weighted by Crippen LogP contribution is -2.23. The van der Waals surface area contributed by atoms with Gasteiger partial charge in [0.15, 0.2) is 0 Å². The summed E-state index contributed by atoms with van der Waals surface area (Å²) < 4.78 is 2.48. The predicted molar refractivity (Wildman–Crippen MR) is 89.7 cm³/mol. The fraction of sp³-hybridized carbons (Fsp3) is 0.556. The molecule has 2 heterocycles. The third kappa shape index (κ3) is 2.39. The van der Waals surface area contributed by atoms with E-state index in [0.29, 0.717) is 6.04 Å². The average Bonchev–Trinajstić information content (AvgIpc) is 2.93. The Bertz CT molecular complexity index is 669. The Hall–Kier alpha value is -1.32. The van der Waals surface area contributed by atoms with Crippen LogP contribution < -0.4 is 5.32 Å². The molecule has 1 aliphatic heterocycles. The maximum absolute atomic E-state index is 3.37. The van der Waals surface area contributed by atoms with Gasteiger partial charge in [-0.05, 0) is 70.1 Å². The lowest BCUT2D eigenvalue weighted by Gasteiger charge is -2.11. The van der Waals surface area contributed by atoms with Crippen LogP contribution in [0.5, 0.6) is 0 Å². The number of benzene rings is 1. The number of aryl methyl sites for hydroxylation is 1. The van der Waals surface area contributed by atoms with Crippen LogP contribution in [0.3, 0.4) is 0 Å². The Balaban J connectivity index is 2.18. The van der Waals surface area contributed by atoms with E-state index in [-0.39, 0.29) is 0 Å². The van der Waals surface area contributed by atoms with Gasteiger partial charge in [0, 0.05) is 42.3 Å². The molecule has 1 N–H and O–H groups in total. The molecule has 2 aromatic rings. The van der Waals surface area contributed by atoms with Crippen molar-refractivity contribution in [3.05, 3.63) is 34.5 Å². The zero-order chi connectivity index (χ0) is 15.1. The Labute approximate surface area is 127 Å². The fourth-order valence-electron chi connectivity index (χ4n) is 3.69. The molecule has 1 unspecified atom stereocenters. The van der Waals surface area contributed by atoms with Crippen molar-refractivity contribution in [2.75, 3.05) is 14.1 Å². The summed E-state index contributed by atoms with van der Waals surface area (Å²) in [4.78, 5) is 2.39. The lowest BCUT2D eigenvalue weighted by molar-refractivity contribution is 0.353. The van der Waals surface area contributed by atoms with Crippen molar-refractivity contribution in [1.29, 1.82) is 0 Å². The van der Waals surface area contributed by atoms with Gasteiger partial charge in [0.2, 0.25) is 0 Å². The van der Waals surface area contributed by atoms with Crippen LogP contribution in [0.1, 0.15) is 36.2 Å². The number of rotatable bonds is 4. The quantitative estimate of drug-likeness (QED) is 0.931. The molecule has 114 valence electrons. The van der Waals surface area contributed by atoms with Crippen molar-refractivity contribution >= 4 is 10.9 Å². The highest BCUT2D eigenvalue weighted by Gasteiger charge is 2.21. The first-order valence-corrected chi connectivity index (χ1v) is 8.04. The predicted octanol–water partition coefficient (Wildman–Crippen LogP) is 3.07. The molecule has 1 aromatic heterocycles. The number of fused-ring (bicyclic) bond motifs is 2. The maximum Gasteiger partial charge on any atom is 0.0488 e. The minimum Gasteiger partial charge on any atom is -0.345 e. The van der Waals surface area contributed by atoms with Gasteiger partial charge in [0.1, 0.15) is 0 Å². The zero-order valence-corrected chi connectivity index (χ0v) is 14.0. The van der Waals surface area contributed by atoms with Crippen LogP contribution in [0.15, 0.2) is 12.1 Å². The zero-order valence-electron chi connectivity index (χ0n) is 14.0. The van der Waals surface area contributed by atoms with E-state index < -0.39 is 0 Å². The second-order valence-electron chi connectivity index (χ2n) is 6.51. The molecule has 0 bridgehead atoms. The summed E-state index contributed by atoms with van der Waals surface area (Å²) in [6, 6.07) is 5.39. The number of nitrogens with zero attached hydrogens (tertiary/aromatic N) is 2. The van der Waals surface area contributed by atoms with E-state index in [9.17, 15) is 0 Å². The summed E-state index contributed by atoms with van der Waals surface area (Å²) in [6.45, 7) is 10.0. The van der Waals surface area contributed by atoms with Crippen molar-refractivity contribution < 1.29 is 0 Å². The number of nitrogens with one attached hydrogen (secondary N) is 1. The SMILES string of the molecule is CCn1c(C)c(CC(C)NC)c2cc3c(cc21)CN(C)C3. The van der Waals surface area contributed by atoms with Gasteiger partial charge < -0.3 is 9.88 Å². The van der Waals surface area contributed by atoms with Crippen LogP contribution >= 0.6 is 0 Å². The molecule has 21 heavy (non-hydrogen) atoms. The summed E-state index contributed by atoms with van der Waals surface area (Å²) in [6.07, 6.45) is 1.10. The summed E-state index contributed by atoms with van der Waals surface area (Å²) >= 11 is 0. The van der Waals surface area contributed by atoms with Crippen molar-refractivity contribution in [1.82, 2.24) is 14.8 Å². The van der Waals surface area contributed by atoms with Gasteiger partial charge in [-0.1, -0.05) is 0 Å². The van der Waals surface area contributed by atoms with E-state index in [1.165, 1.54) is 33.3 Å². The minimum atomic E-state index is 0.510. The van der Waals surface area contributed by atoms with E-state index in [0.717, 1.165) is 26.1 Å². The van der Waals surface area contributed by atoms with Crippen molar-refractivity contribution in [2.45, 2.75) is 52.9 Å². The Kier molecular flexibility index (Phi) is 3.80. The molecule has 1 aromatic carbocycles. The largest absolute Gasteiger partial charge is 0.345 e. The summed E-state index contributed by atoms with van der Waals surface area (Å²) in [5.41, 5.74) is 7.39. The number of aromatic nitrogens is 1. The molecule has 1 aliphatic rings. The minimum absolute atomic E-state index is 0.510. The highest BCUT2D eigenvalue weighted by atomic mass is 15.1. The molecule has 0 saturated carbocycles. The number of hydrogen-bond donors (Lipinski definition) is 1. The van der Waals surface area contributed by atoms with Gasteiger partial charge in [-0.15, -0.1) is 0 Å². The normalized spacial score (nSPS) is 16.6. The third-order valence-corrected chi connectivity index (χ3v) is 4.98. The van der Waals surface area contributed by atoms with Crippen molar-refractivity contribution in [2.24, 2.45) is 0 Å². The summed E-state index contributed by atoms with van der Waals surface area (Å²) in [7, 11) is 4.25. The Morgan fingerprint density at radius 3 is 2.52 bits per heavy atom. The molecule has 3 rings (SSSR count). The standard InChI is InChI=1S/C18H27N3/c1-6-21-13(3)16(7-12(2)19-4)17-8-14-10-20(5)11-15(14)9-18(17)21/h8-9,12,19H,6-7,10-11H2,1-5H3. The van der Waals surface area contributed by atoms with Gasteiger partial charge in [-0.2, -0.15) is 0 Å². The van der Waals surface area contributed by atoms with Gasteiger partial charge in [0.25, 0.3) is 0 Å². The second kappa shape index (κ2) is 5.47. The molecule has 0 saturated heterocycles. The van der Waals surface area contributed by atoms with Gasteiger partial charge in [-0.25, -0.2) is 0 Å². The molecule has 3 heteroatoms. The van der Waals surface area contributed by atoms with Crippen LogP contribution in [0.4, 0.5) is 0 Å². The third-order valence-electron chi connectivity index (χ3n) is 4.98. The van der Waals surface area contributed by atoms with Crippen LogP contribution in [-0.4, -0.2) is 29.6 Å². The Morgan fingerprint density at radius 1 is 1.24 bits per heavy atom. The summed E-state index contributed by atoms with van der Waals surface area (Å²) in [5, 5.41) is 4.84. The molecule has 0 amide bonds. The van der Waals surface area contributed by atoms with E-state index in [2.05, 4.69) is 54.7 Å². The van der Waals surface area contributed by atoms with E-state index in [1.807, 2.05) is 7.05 Å². The topological polar surface area (TPSA) is 20.2 Å². The van der Waals surface area contributed by atoms with E-state index in [4.69, 9.17) is 0 Å². The average molecular weight is 285 g/mol. The van der Waals surface area contributed by atoms with Gasteiger partial charge in [-0.3, -0.25) is 4.90 Å². The molecular weight excluding hydrogens is 258 g/mol. The fourth-order valence-corrected chi connectivity index (χ4v) is 3.69. The van der Waals surface area contributed by atoms with Crippen molar-refractivity contribution in [3.8, 4) is 0 Å². The smallest absolute Gasteiger partial charge is 0.0488 e. The lowest BCUT2D eigenvalue weighted by atomic mass is 10.0. The van der Waals surface area contributed by atoms with Crippen molar-refractivity contribution in [3.63, 3.8) is 0 Å². The first-order chi connectivity index (χ1) is 10.0. The molecule has 0 fully saturated rings. The molecule has 0 aliphatic carbocycles. The molecule has 1 atom stereocenters. The van der Waals surface area contributed by atoms with Crippen LogP contribution in [0.2, 0.25) is 0 Å². The number of hydrogen-bond acceptors (Lipinski definition) is 2. The van der Waals surface area contributed by atoms with E-state index in [1.54, 1.807) is 0 Å². The maximum atomic E-state index is 3.37. The molecular formula is C18H27N3. The summed E-state index contributed by atoms with van der Waals surface area (Å²) in [5.74, 6) is 0. The van der Waals surface area contributed by atoms with Gasteiger partial charge in [0.05, 0.1) is 0 Å². The molecule has 3 nitrogen and oxygen atoms in total. The molecule has 0 radical (unpaired) electrons. The number of likely N-dealkylation sites (N-methyl/N-ethyl adjacent to an activating group) is 1. The Morgan fingerprint density at radius 2 is 1.90 bits per heavy atom. The van der Waals surface area contributed by atoms with Crippen LogP contribution in [-0.2, 0) is 26.1 Å². The first-order valence-electron chi connectivity index (χ1n) is 8.04. The first kappa shape index (κ1) is 14.6. The van der Waals surface area contributed by atoms with Crippen LogP contribution in [0, 0.1) is 6.92 Å². The monoisotopic (exact) mass is 285 g/mol. The highest BCUT2D eigenvalue weighted by molar-refractivity contribution is 5.87. The molecule has 0 spiro atoms.